The van der Waals surface area contributed by atoms with Gasteiger partial charge in [-0.25, -0.2) is 9.18 Å². The fourth-order valence-electron chi connectivity index (χ4n) is 1.32. The largest absolute Gasteiger partial charge is 0.463 e. The first kappa shape index (κ1) is 14.7. The molecule has 18 heavy (non-hydrogen) atoms. The fraction of sp³-hybridized carbons (Fsp3) is 0.385. The highest BCUT2D eigenvalue weighted by Crippen LogP contribution is 2.19. The average Bonchev–Trinajstić information content (AvgIpc) is 2.39. The number of Topliss-reactive ketones (excluding diaryl/α,β-unsaturated/α-hetero) is 1. The molecule has 0 amide bonds. The van der Waals surface area contributed by atoms with Gasteiger partial charge in [0.15, 0.2) is 0 Å². The maximum Gasteiger partial charge on any atom is 0.374 e. The van der Waals surface area contributed by atoms with Crippen LogP contribution in [-0.4, -0.2) is 24.6 Å². The maximum atomic E-state index is 12.6. The van der Waals surface area contributed by atoms with Gasteiger partial charge in [-0.2, -0.15) is 0 Å². The van der Waals surface area contributed by atoms with E-state index in [-0.39, 0.29) is 12.2 Å². The molecule has 0 bridgehead atoms. The molecule has 0 aliphatic rings. The molecule has 1 aromatic rings. The number of carbonyl (C=O) groups excluding carboxylic acids is 2. The number of methoxy groups -OCH3 is 1. The third kappa shape index (κ3) is 5.31. The summed E-state index contributed by atoms with van der Waals surface area (Å²) in [7, 11) is 1.20. The van der Waals surface area contributed by atoms with Gasteiger partial charge in [-0.1, -0.05) is 0 Å². The van der Waals surface area contributed by atoms with E-state index < -0.39 is 11.8 Å². The van der Waals surface area contributed by atoms with E-state index in [1.807, 2.05) is 0 Å². The lowest BCUT2D eigenvalue weighted by atomic mass is 10.2. The molecule has 0 saturated heterocycles. The lowest BCUT2D eigenvalue weighted by Crippen LogP contribution is -2.14. The van der Waals surface area contributed by atoms with Crippen molar-refractivity contribution >= 4 is 23.5 Å². The SMILES string of the molecule is COC(=O)C(=O)CCCCSc1ccc(F)cc1. The van der Waals surface area contributed by atoms with Crippen LogP contribution in [0.25, 0.3) is 0 Å². The highest BCUT2D eigenvalue weighted by Gasteiger charge is 2.12. The second kappa shape index (κ2) is 7.87. The average molecular weight is 270 g/mol. The van der Waals surface area contributed by atoms with Crippen molar-refractivity contribution in [3.8, 4) is 0 Å². The molecule has 1 aromatic carbocycles. The van der Waals surface area contributed by atoms with Crippen LogP contribution in [0.3, 0.4) is 0 Å². The standard InChI is InChI=1S/C13H15FO3S/c1-17-13(16)12(15)4-2-3-9-18-11-7-5-10(14)6-8-11/h5-8H,2-4,9H2,1H3. The number of rotatable bonds is 7. The predicted molar refractivity (Wildman–Crippen MR) is 68.0 cm³/mol. The minimum atomic E-state index is -0.777. The molecule has 0 aliphatic carbocycles. The summed E-state index contributed by atoms with van der Waals surface area (Å²) in [6, 6.07) is 6.28. The lowest BCUT2D eigenvalue weighted by Gasteiger charge is -2.01. The molecule has 0 N–H and O–H groups in total. The number of halogens is 1. The van der Waals surface area contributed by atoms with E-state index in [0.29, 0.717) is 6.42 Å². The van der Waals surface area contributed by atoms with Crippen molar-refractivity contribution in [1.29, 1.82) is 0 Å². The Morgan fingerprint density at radius 2 is 1.89 bits per heavy atom. The predicted octanol–water partition coefficient (Wildman–Crippen LogP) is 2.83. The summed E-state index contributed by atoms with van der Waals surface area (Å²) in [4.78, 5) is 22.9. The van der Waals surface area contributed by atoms with Crippen molar-refractivity contribution < 1.29 is 18.7 Å². The highest BCUT2D eigenvalue weighted by atomic mass is 32.2. The zero-order chi connectivity index (χ0) is 13.4. The van der Waals surface area contributed by atoms with Crippen LogP contribution >= 0.6 is 11.8 Å². The number of hydrogen-bond donors (Lipinski definition) is 0. The van der Waals surface area contributed by atoms with Crippen molar-refractivity contribution in [2.75, 3.05) is 12.9 Å². The molecular weight excluding hydrogens is 255 g/mol. The Labute approximate surface area is 110 Å². The third-order valence-electron chi connectivity index (χ3n) is 2.29. The number of esters is 1. The van der Waals surface area contributed by atoms with E-state index >= 15 is 0 Å². The lowest BCUT2D eigenvalue weighted by molar-refractivity contribution is -0.151. The van der Waals surface area contributed by atoms with Crippen LogP contribution in [0.2, 0.25) is 0 Å². The Balaban J connectivity index is 2.14. The Morgan fingerprint density at radius 3 is 2.50 bits per heavy atom. The topological polar surface area (TPSA) is 43.4 Å². The Hall–Kier alpha value is -1.36. The van der Waals surface area contributed by atoms with Crippen molar-refractivity contribution in [1.82, 2.24) is 0 Å². The van der Waals surface area contributed by atoms with Gasteiger partial charge >= 0.3 is 5.97 Å². The number of unbranched alkanes of at least 4 members (excludes halogenated alkanes) is 1. The van der Waals surface area contributed by atoms with Gasteiger partial charge in [0.25, 0.3) is 0 Å². The molecule has 0 aromatic heterocycles. The van der Waals surface area contributed by atoms with Gasteiger partial charge < -0.3 is 4.74 Å². The monoisotopic (exact) mass is 270 g/mol. The number of ether oxygens (including phenoxy) is 1. The molecule has 0 saturated carbocycles. The van der Waals surface area contributed by atoms with Crippen LogP contribution in [0.15, 0.2) is 29.2 Å². The molecule has 0 radical (unpaired) electrons. The smallest absolute Gasteiger partial charge is 0.374 e. The van der Waals surface area contributed by atoms with E-state index in [1.54, 1.807) is 23.9 Å². The van der Waals surface area contributed by atoms with E-state index in [4.69, 9.17) is 0 Å². The van der Waals surface area contributed by atoms with Crippen LogP contribution in [0.1, 0.15) is 19.3 Å². The summed E-state index contributed by atoms with van der Waals surface area (Å²) in [5.41, 5.74) is 0. The van der Waals surface area contributed by atoms with Gasteiger partial charge in [0, 0.05) is 11.3 Å². The van der Waals surface area contributed by atoms with Gasteiger partial charge in [0.1, 0.15) is 5.82 Å². The molecule has 0 heterocycles. The molecule has 0 unspecified atom stereocenters. The molecule has 0 fully saturated rings. The first-order valence-electron chi connectivity index (χ1n) is 5.63. The van der Waals surface area contributed by atoms with Crippen LogP contribution in [0.4, 0.5) is 4.39 Å². The van der Waals surface area contributed by atoms with E-state index in [9.17, 15) is 14.0 Å². The van der Waals surface area contributed by atoms with Crippen molar-refractivity contribution in [2.45, 2.75) is 24.2 Å². The van der Waals surface area contributed by atoms with Gasteiger partial charge in [0.2, 0.25) is 5.78 Å². The summed E-state index contributed by atoms with van der Waals surface area (Å²) in [5, 5.41) is 0. The van der Waals surface area contributed by atoms with Crippen LogP contribution in [0.5, 0.6) is 0 Å². The molecule has 0 aliphatic heterocycles. The van der Waals surface area contributed by atoms with Gasteiger partial charge in [-0.3, -0.25) is 4.79 Å². The van der Waals surface area contributed by atoms with Crippen LogP contribution in [-0.2, 0) is 14.3 Å². The summed E-state index contributed by atoms with van der Waals surface area (Å²) >= 11 is 1.60. The molecule has 3 nitrogen and oxygen atoms in total. The second-order valence-corrected chi connectivity index (χ2v) is 4.84. The first-order valence-corrected chi connectivity index (χ1v) is 6.61. The second-order valence-electron chi connectivity index (χ2n) is 3.67. The number of hydrogen-bond acceptors (Lipinski definition) is 4. The van der Waals surface area contributed by atoms with E-state index in [1.165, 1.54) is 19.2 Å². The number of benzene rings is 1. The Bertz CT molecular complexity index is 403. The van der Waals surface area contributed by atoms with Crippen LogP contribution in [0, 0.1) is 5.82 Å². The quantitative estimate of drug-likeness (QED) is 0.331. The minimum Gasteiger partial charge on any atom is -0.463 e. The highest BCUT2D eigenvalue weighted by molar-refractivity contribution is 7.99. The fourth-order valence-corrected chi connectivity index (χ4v) is 2.24. The molecule has 1 rings (SSSR count). The number of ketones is 1. The first-order chi connectivity index (χ1) is 8.63. The number of thioether (sulfide) groups is 1. The Morgan fingerprint density at radius 1 is 1.22 bits per heavy atom. The zero-order valence-electron chi connectivity index (χ0n) is 10.1. The molecule has 0 spiro atoms. The van der Waals surface area contributed by atoms with Crippen LogP contribution < -0.4 is 0 Å². The summed E-state index contributed by atoms with van der Waals surface area (Å²) in [5.74, 6) is -0.673. The van der Waals surface area contributed by atoms with Gasteiger partial charge in [-0.05, 0) is 42.9 Å². The minimum absolute atomic E-state index is 0.219. The summed E-state index contributed by atoms with van der Waals surface area (Å²) in [6.45, 7) is 0. The zero-order valence-corrected chi connectivity index (χ0v) is 11.0. The third-order valence-corrected chi connectivity index (χ3v) is 3.39. The number of carbonyl (C=O) groups is 2. The van der Waals surface area contributed by atoms with Gasteiger partial charge in [-0.15, -0.1) is 11.8 Å². The van der Waals surface area contributed by atoms with Crippen molar-refractivity contribution in [3.05, 3.63) is 30.1 Å². The summed E-state index contributed by atoms with van der Waals surface area (Å²) < 4.78 is 17.0. The molecule has 5 heteroatoms. The van der Waals surface area contributed by atoms with E-state index in [0.717, 1.165) is 17.1 Å². The Kier molecular flexibility index (Phi) is 6.43. The van der Waals surface area contributed by atoms with Crippen molar-refractivity contribution in [2.24, 2.45) is 0 Å². The molecular formula is C13H15FO3S. The van der Waals surface area contributed by atoms with Crippen molar-refractivity contribution in [3.63, 3.8) is 0 Å². The molecule has 98 valence electrons. The van der Waals surface area contributed by atoms with E-state index in [2.05, 4.69) is 4.74 Å². The maximum absolute atomic E-state index is 12.6. The van der Waals surface area contributed by atoms with Gasteiger partial charge in [0.05, 0.1) is 7.11 Å². The summed E-state index contributed by atoms with van der Waals surface area (Å²) in [6.07, 6.45) is 1.70. The molecule has 0 atom stereocenters. The normalized spacial score (nSPS) is 10.1.